The first-order chi connectivity index (χ1) is 7.93. The van der Waals surface area contributed by atoms with Gasteiger partial charge in [-0.2, -0.15) is 0 Å². The highest BCUT2D eigenvalue weighted by Crippen LogP contribution is 2.40. The van der Waals surface area contributed by atoms with Crippen molar-refractivity contribution in [3.63, 3.8) is 0 Å². The molecule has 1 amide bonds. The van der Waals surface area contributed by atoms with Crippen molar-refractivity contribution in [1.82, 2.24) is 4.90 Å². The number of carbonyl (C=O) groups excluding carboxylic acids is 1. The molecule has 2 rings (SSSR count). The molecule has 2 fully saturated rings. The van der Waals surface area contributed by atoms with Crippen LogP contribution in [0.25, 0.3) is 0 Å². The summed E-state index contributed by atoms with van der Waals surface area (Å²) in [6.07, 6.45) is 3.47. The van der Waals surface area contributed by atoms with Crippen molar-refractivity contribution >= 4 is 11.9 Å². The minimum Gasteiger partial charge on any atom is -0.481 e. The third-order valence-electron chi connectivity index (χ3n) is 4.04. The summed E-state index contributed by atoms with van der Waals surface area (Å²) in [6.45, 7) is 2.83. The Bertz CT molecular complexity index is 352. The van der Waals surface area contributed by atoms with Crippen LogP contribution in [0.2, 0.25) is 0 Å². The summed E-state index contributed by atoms with van der Waals surface area (Å²) in [5, 5.41) is 9.34. The first kappa shape index (κ1) is 12.4. The van der Waals surface area contributed by atoms with E-state index in [1.807, 2.05) is 6.92 Å². The van der Waals surface area contributed by atoms with E-state index in [2.05, 4.69) is 0 Å². The zero-order valence-electron chi connectivity index (χ0n) is 10.2. The van der Waals surface area contributed by atoms with Gasteiger partial charge in [0.25, 0.3) is 0 Å². The van der Waals surface area contributed by atoms with Crippen molar-refractivity contribution < 1.29 is 14.7 Å². The maximum atomic E-state index is 12.1. The Balaban J connectivity index is 2.06. The van der Waals surface area contributed by atoms with Gasteiger partial charge in [0, 0.05) is 13.1 Å². The molecule has 3 N–H and O–H groups in total. The number of hydrogen-bond donors (Lipinski definition) is 2. The molecule has 0 spiro atoms. The SMILES string of the molecule is CCCC1(C(=O)O)CCN(C(=O)C2(N)CC2)C1. The van der Waals surface area contributed by atoms with Gasteiger partial charge < -0.3 is 15.7 Å². The van der Waals surface area contributed by atoms with Crippen LogP contribution in [0.4, 0.5) is 0 Å². The molecule has 1 saturated heterocycles. The maximum Gasteiger partial charge on any atom is 0.311 e. The molecule has 1 saturated carbocycles. The van der Waals surface area contributed by atoms with E-state index in [4.69, 9.17) is 5.73 Å². The van der Waals surface area contributed by atoms with Crippen molar-refractivity contribution in [2.24, 2.45) is 11.1 Å². The topological polar surface area (TPSA) is 83.6 Å². The monoisotopic (exact) mass is 240 g/mol. The van der Waals surface area contributed by atoms with Crippen LogP contribution in [0.15, 0.2) is 0 Å². The van der Waals surface area contributed by atoms with Crippen LogP contribution in [-0.4, -0.2) is 40.5 Å². The molecule has 1 heterocycles. The fraction of sp³-hybridized carbons (Fsp3) is 0.833. The van der Waals surface area contributed by atoms with Crippen LogP contribution in [0, 0.1) is 5.41 Å². The Morgan fingerprint density at radius 1 is 1.35 bits per heavy atom. The van der Waals surface area contributed by atoms with Crippen LogP contribution < -0.4 is 5.73 Å². The number of nitrogens with zero attached hydrogens (tertiary/aromatic N) is 1. The van der Waals surface area contributed by atoms with Gasteiger partial charge in [0.2, 0.25) is 5.91 Å². The molecule has 0 aromatic rings. The molecular formula is C12H20N2O3. The fourth-order valence-electron chi connectivity index (χ4n) is 2.67. The van der Waals surface area contributed by atoms with E-state index in [1.54, 1.807) is 4.90 Å². The highest BCUT2D eigenvalue weighted by molar-refractivity contribution is 5.90. The Labute approximate surface area is 101 Å². The Morgan fingerprint density at radius 3 is 2.47 bits per heavy atom. The molecule has 0 radical (unpaired) electrons. The zero-order valence-corrected chi connectivity index (χ0v) is 10.2. The van der Waals surface area contributed by atoms with Gasteiger partial charge in [-0.05, 0) is 25.7 Å². The summed E-state index contributed by atoms with van der Waals surface area (Å²) in [5.41, 5.74) is 4.45. The number of nitrogens with two attached hydrogens (primary N) is 1. The molecule has 2 aliphatic rings. The first-order valence-corrected chi connectivity index (χ1v) is 6.25. The van der Waals surface area contributed by atoms with E-state index in [9.17, 15) is 14.7 Å². The molecule has 96 valence electrons. The zero-order chi connectivity index (χ0) is 12.7. The summed E-state index contributed by atoms with van der Waals surface area (Å²) in [7, 11) is 0. The Morgan fingerprint density at radius 2 is 2.00 bits per heavy atom. The molecule has 1 aliphatic heterocycles. The second-order valence-electron chi connectivity index (χ2n) is 5.47. The lowest BCUT2D eigenvalue weighted by atomic mass is 9.83. The lowest BCUT2D eigenvalue weighted by Crippen LogP contribution is -2.46. The van der Waals surface area contributed by atoms with E-state index in [-0.39, 0.29) is 5.91 Å². The van der Waals surface area contributed by atoms with Gasteiger partial charge in [-0.1, -0.05) is 13.3 Å². The molecule has 17 heavy (non-hydrogen) atoms. The van der Waals surface area contributed by atoms with Crippen LogP contribution in [0.5, 0.6) is 0 Å². The summed E-state index contributed by atoms with van der Waals surface area (Å²) >= 11 is 0. The van der Waals surface area contributed by atoms with E-state index in [0.717, 1.165) is 19.3 Å². The minimum absolute atomic E-state index is 0.0586. The molecule has 5 nitrogen and oxygen atoms in total. The summed E-state index contributed by atoms with van der Waals surface area (Å²) < 4.78 is 0. The number of hydrogen-bond acceptors (Lipinski definition) is 3. The molecule has 0 bridgehead atoms. The first-order valence-electron chi connectivity index (χ1n) is 6.25. The number of amides is 1. The molecule has 0 aromatic carbocycles. The second-order valence-corrected chi connectivity index (χ2v) is 5.47. The molecule has 5 heteroatoms. The van der Waals surface area contributed by atoms with Crippen molar-refractivity contribution in [3.8, 4) is 0 Å². The van der Waals surface area contributed by atoms with Crippen LogP contribution in [0.3, 0.4) is 0 Å². The predicted molar refractivity (Wildman–Crippen MR) is 62.3 cm³/mol. The molecule has 0 aromatic heterocycles. The number of carboxylic acid groups (broad SMARTS) is 1. The quantitative estimate of drug-likeness (QED) is 0.753. The van der Waals surface area contributed by atoms with Crippen LogP contribution >= 0.6 is 0 Å². The van der Waals surface area contributed by atoms with Crippen molar-refractivity contribution in [3.05, 3.63) is 0 Å². The van der Waals surface area contributed by atoms with E-state index in [0.29, 0.717) is 25.9 Å². The minimum atomic E-state index is -0.781. The molecule has 1 unspecified atom stereocenters. The Kier molecular flexibility index (Phi) is 2.89. The highest BCUT2D eigenvalue weighted by atomic mass is 16.4. The Hall–Kier alpha value is -1.10. The van der Waals surface area contributed by atoms with Gasteiger partial charge in [-0.25, -0.2) is 0 Å². The predicted octanol–water partition coefficient (Wildman–Crippen LogP) is 0.581. The average molecular weight is 240 g/mol. The number of carbonyl (C=O) groups is 2. The maximum absolute atomic E-state index is 12.1. The second kappa shape index (κ2) is 3.98. The number of carboxylic acids is 1. The summed E-state index contributed by atoms with van der Waals surface area (Å²) in [4.78, 5) is 25.1. The van der Waals surface area contributed by atoms with Gasteiger partial charge >= 0.3 is 5.97 Å². The van der Waals surface area contributed by atoms with E-state index >= 15 is 0 Å². The van der Waals surface area contributed by atoms with Crippen molar-refractivity contribution in [2.45, 2.75) is 44.6 Å². The fourth-order valence-corrected chi connectivity index (χ4v) is 2.67. The van der Waals surface area contributed by atoms with Crippen molar-refractivity contribution in [2.75, 3.05) is 13.1 Å². The number of aliphatic carboxylic acids is 1. The number of likely N-dealkylation sites (tertiary alicyclic amines) is 1. The summed E-state index contributed by atoms with van der Waals surface area (Å²) in [5.74, 6) is -0.840. The third kappa shape index (κ3) is 2.04. The van der Waals surface area contributed by atoms with Gasteiger partial charge in [0.15, 0.2) is 0 Å². The largest absolute Gasteiger partial charge is 0.481 e. The van der Waals surface area contributed by atoms with Gasteiger partial charge in [0.1, 0.15) is 0 Å². The lowest BCUT2D eigenvalue weighted by Gasteiger charge is -2.25. The van der Waals surface area contributed by atoms with E-state index in [1.165, 1.54) is 0 Å². The highest BCUT2D eigenvalue weighted by Gasteiger charge is 2.53. The van der Waals surface area contributed by atoms with Crippen LogP contribution in [-0.2, 0) is 9.59 Å². The smallest absolute Gasteiger partial charge is 0.311 e. The molecule has 1 aliphatic carbocycles. The van der Waals surface area contributed by atoms with E-state index < -0.39 is 16.9 Å². The molecule has 1 atom stereocenters. The van der Waals surface area contributed by atoms with Crippen molar-refractivity contribution in [1.29, 1.82) is 0 Å². The normalized spacial score (nSPS) is 30.4. The van der Waals surface area contributed by atoms with Gasteiger partial charge in [-0.15, -0.1) is 0 Å². The van der Waals surface area contributed by atoms with Crippen LogP contribution in [0.1, 0.15) is 39.0 Å². The third-order valence-corrected chi connectivity index (χ3v) is 4.04. The van der Waals surface area contributed by atoms with Gasteiger partial charge in [0.05, 0.1) is 11.0 Å². The number of rotatable bonds is 4. The molecular weight excluding hydrogens is 220 g/mol. The lowest BCUT2D eigenvalue weighted by molar-refractivity contribution is -0.149. The standard InChI is InChI=1S/C12H20N2O3/c1-2-3-11(10(16)17)6-7-14(8-11)9(15)12(13)4-5-12/h2-8,13H2,1H3,(H,16,17). The van der Waals surface area contributed by atoms with Gasteiger partial charge in [-0.3, -0.25) is 9.59 Å². The average Bonchev–Trinajstić information content (AvgIpc) is 2.88. The summed E-state index contributed by atoms with van der Waals surface area (Å²) in [6, 6.07) is 0.